The van der Waals surface area contributed by atoms with Crippen LogP contribution in [0.1, 0.15) is 10.4 Å². The summed E-state index contributed by atoms with van der Waals surface area (Å²) in [5.74, 6) is -2.45. The second-order valence-corrected chi connectivity index (χ2v) is 3.82. The van der Waals surface area contributed by atoms with Crippen LogP contribution in [-0.2, 0) is 10.1 Å². The largest absolute Gasteiger partial charge is 0.506 e. The van der Waals surface area contributed by atoms with Crippen LogP contribution in [-0.4, -0.2) is 40.1 Å². The van der Waals surface area contributed by atoms with Crippen molar-refractivity contribution < 1.29 is 38.9 Å². The van der Waals surface area contributed by atoms with Gasteiger partial charge >= 0.3 is 5.97 Å². The Morgan fingerprint density at radius 2 is 1.69 bits per heavy atom. The van der Waals surface area contributed by atoms with Gasteiger partial charge in [-0.3, -0.25) is 4.55 Å². The fourth-order valence-electron chi connectivity index (χ4n) is 0.903. The number of rotatable bonds is 2. The molecule has 0 saturated carbocycles. The Balaban J connectivity index is 0. The first-order chi connectivity index (χ1) is 6.34. The summed E-state index contributed by atoms with van der Waals surface area (Å²) in [4.78, 5) is 9.64. The van der Waals surface area contributed by atoms with Gasteiger partial charge in [-0.05, 0) is 12.1 Å². The predicted octanol–water partition coefficient (Wildman–Crippen LogP) is -1.31. The molecule has 0 aliphatic heterocycles. The number of aromatic carboxylic acids is 1. The third-order valence-electron chi connectivity index (χ3n) is 1.51. The fourth-order valence-corrected chi connectivity index (χ4v) is 1.51. The summed E-state index contributed by atoms with van der Waals surface area (Å²) in [7, 11) is -4.60. The lowest BCUT2D eigenvalue weighted by Gasteiger charge is -2.03. The summed E-state index contributed by atoms with van der Waals surface area (Å²) in [6.07, 6.45) is 0. The summed E-state index contributed by atoms with van der Waals surface area (Å²) in [5.41, 5.74) is -0.583. The Morgan fingerprint density at radius 1 is 1.19 bits per heavy atom. The number of carboxylic acids is 1. The zero-order valence-corrected chi connectivity index (χ0v) is 8.52. The van der Waals surface area contributed by atoms with Gasteiger partial charge in [-0.1, -0.05) is 6.07 Å². The molecule has 0 fully saturated rings. The molecule has 1 aromatic carbocycles. The molecule has 1 aromatic rings. The van der Waals surface area contributed by atoms with Crippen molar-refractivity contribution in [3.05, 3.63) is 23.8 Å². The first-order valence-electron chi connectivity index (χ1n) is 3.37. The molecule has 9 heteroatoms. The standard InChI is InChI=1S/C7H6O6S.2H2O/c8-6-4(7(9)10)2-1-3-5(6)14(11,12)13;;/h1-3,8H,(H,9,10)(H,11,12,13);2*1H2. The number of benzene rings is 1. The molecule has 7 N–H and O–H groups in total. The highest BCUT2D eigenvalue weighted by Gasteiger charge is 2.20. The van der Waals surface area contributed by atoms with Gasteiger partial charge in [0, 0.05) is 0 Å². The average Bonchev–Trinajstić information content (AvgIpc) is 2.01. The van der Waals surface area contributed by atoms with Crippen molar-refractivity contribution in [3.8, 4) is 5.75 Å². The molecule has 92 valence electrons. The van der Waals surface area contributed by atoms with Crippen LogP contribution in [0.25, 0.3) is 0 Å². The highest BCUT2D eigenvalue weighted by Crippen LogP contribution is 2.26. The smallest absolute Gasteiger partial charge is 0.339 e. The molecular formula is C7H10O8S. The van der Waals surface area contributed by atoms with Gasteiger partial charge in [0.05, 0.1) is 0 Å². The normalized spacial score (nSPS) is 9.81. The quantitative estimate of drug-likeness (QED) is 0.551. The van der Waals surface area contributed by atoms with Crippen molar-refractivity contribution in [2.75, 3.05) is 0 Å². The maximum Gasteiger partial charge on any atom is 0.339 e. The van der Waals surface area contributed by atoms with Crippen molar-refractivity contribution in [2.45, 2.75) is 4.90 Å². The van der Waals surface area contributed by atoms with Crippen molar-refractivity contribution in [2.24, 2.45) is 0 Å². The van der Waals surface area contributed by atoms with E-state index in [1.807, 2.05) is 0 Å². The summed E-state index contributed by atoms with van der Waals surface area (Å²) in [5, 5.41) is 17.7. The molecule has 0 bridgehead atoms. The molecular weight excluding hydrogens is 244 g/mol. The summed E-state index contributed by atoms with van der Waals surface area (Å²) >= 11 is 0. The molecule has 0 aliphatic carbocycles. The molecule has 0 radical (unpaired) electrons. The van der Waals surface area contributed by atoms with E-state index in [2.05, 4.69) is 0 Å². The van der Waals surface area contributed by atoms with Crippen LogP contribution in [0.4, 0.5) is 0 Å². The van der Waals surface area contributed by atoms with E-state index < -0.39 is 32.3 Å². The molecule has 0 unspecified atom stereocenters. The monoisotopic (exact) mass is 254 g/mol. The SMILES string of the molecule is O.O.O=C(O)c1cccc(S(=O)(=O)O)c1O. The average molecular weight is 254 g/mol. The van der Waals surface area contributed by atoms with Gasteiger partial charge in [-0.25, -0.2) is 4.79 Å². The van der Waals surface area contributed by atoms with E-state index in [4.69, 9.17) is 9.66 Å². The molecule has 0 spiro atoms. The second-order valence-electron chi connectivity index (χ2n) is 2.43. The highest BCUT2D eigenvalue weighted by atomic mass is 32.2. The molecule has 1 rings (SSSR count). The van der Waals surface area contributed by atoms with Crippen LogP contribution in [0.2, 0.25) is 0 Å². The number of para-hydroxylation sites is 1. The van der Waals surface area contributed by atoms with Gasteiger partial charge in [0.2, 0.25) is 0 Å². The Bertz CT molecular complexity index is 477. The van der Waals surface area contributed by atoms with Crippen molar-refractivity contribution in [1.82, 2.24) is 0 Å². The van der Waals surface area contributed by atoms with Crippen molar-refractivity contribution >= 4 is 16.1 Å². The van der Waals surface area contributed by atoms with Gasteiger partial charge in [0.15, 0.2) is 5.75 Å². The van der Waals surface area contributed by atoms with Gasteiger partial charge in [-0.2, -0.15) is 8.42 Å². The lowest BCUT2D eigenvalue weighted by Crippen LogP contribution is -2.03. The zero-order valence-electron chi connectivity index (χ0n) is 7.71. The molecule has 8 nitrogen and oxygen atoms in total. The lowest BCUT2D eigenvalue weighted by molar-refractivity contribution is 0.0693. The molecule has 0 heterocycles. The molecule has 0 amide bonds. The van der Waals surface area contributed by atoms with Crippen LogP contribution in [0.15, 0.2) is 23.1 Å². The molecule has 0 saturated heterocycles. The van der Waals surface area contributed by atoms with Crippen LogP contribution in [0, 0.1) is 0 Å². The molecule has 0 atom stereocenters. The number of hydrogen-bond acceptors (Lipinski definition) is 4. The summed E-state index contributed by atoms with van der Waals surface area (Å²) in [6, 6.07) is 3.02. The van der Waals surface area contributed by atoms with E-state index in [1.54, 1.807) is 0 Å². The van der Waals surface area contributed by atoms with Crippen LogP contribution in [0.3, 0.4) is 0 Å². The number of aromatic hydroxyl groups is 1. The van der Waals surface area contributed by atoms with Crippen molar-refractivity contribution in [1.29, 1.82) is 0 Å². The number of carbonyl (C=O) groups is 1. The van der Waals surface area contributed by atoms with Gasteiger partial charge in [-0.15, -0.1) is 0 Å². The minimum absolute atomic E-state index is 0. The maximum absolute atomic E-state index is 10.6. The molecule has 16 heavy (non-hydrogen) atoms. The Labute approximate surface area is 90.1 Å². The number of carboxylic acid groups (broad SMARTS) is 1. The maximum atomic E-state index is 10.6. The molecule has 0 aromatic heterocycles. The van der Waals surface area contributed by atoms with Crippen molar-refractivity contribution in [3.63, 3.8) is 0 Å². The minimum atomic E-state index is -4.60. The van der Waals surface area contributed by atoms with E-state index in [-0.39, 0.29) is 11.0 Å². The first-order valence-corrected chi connectivity index (χ1v) is 4.81. The van der Waals surface area contributed by atoms with E-state index in [9.17, 15) is 18.3 Å². The third-order valence-corrected chi connectivity index (χ3v) is 2.39. The molecule has 0 aliphatic rings. The van der Waals surface area contributed by atoms with E-state index in [0.717, 1.165) is 18.2 Å². The van der Waals surface area contributed by atoms with E-state index in [0.29, 0.717) is 0 Å². The Hall–Kier alpha value is -1.68. The summed E-state index contributed by atoms with van der Waals surface area (Å²) in [6.45, 7) is 0. The van der Waals surface area contributed by atoms with E-state index >= 15 is 0 Å². The Kier molecular flexibility index (Phi) is 5.67. The van der Waals surface area contributed by atoms with Gasteiger partial charge < -0.3 is 21.2 Å². The van der Waals surface area contributed by atoms with Crippen LogP contribution in [0.5, 0.6) is 5.75 Å². The first kappa shape index (κ1) is 16.7. The lowest BCUT2D eigenvalue weighted by atomic mass is 10.2. The van der Waals surface area contributed by atoms with Gasteiger partial charge in [0.1, 0.15) is 10.5 Å². The topological polar surface area (TPSA) is 175 Å². The summed E-state index contributed by atoms with van der Waals surface area (Å²) < 4.78 is 29.9. The van der Waals surface area contributed by atoms with Crippen LogP contribution >= 0.6 is 0 Å². The Morgan fingerprint density at radius 3 is 2.06 bits per heavy atom. The zero-order chi connectivity index (χ0) is 10.9. The highest BCUT2D eigenvalue weighted by molar-refractivity contribution is 7.86. The second kappa shape index (κ2) is 5.42. The fraction of sp³-hybridized carbons (Fsp3) is 0. The minimum Gasteiger partial charge on any atom is -0.506 e. The number of hydrogen-bond donors (Lipinski definition) is 3. The third kappa shape index (κ3) is 3.17. The van der Waals surface area contributed by atoms with Crippen LogP contribution < -0.4 is 0 Å². The predicted molar refractivity (Wildman–Crippen MR) is 52.1 cm³/mol. The van der Waals surface area contributed by atoms with E-state index in [1.165, 1.54) is 0 Å². The number of phenols is 1. The van der Waals surface area contributed by atoms with Gasteiger partial charge in [0.25, 0.3) is 10.1 Å².